The molecule has 5 heteroatoms. The summed E-state index contributed by atoms with van der Waals surface area (Å²) in [6.07, 6.45) is 2.01. The van der Waals surface area contributed by atoms with Crippen LogP contribution in [0.15, 0.2) is 0 Å². The van der Waals surface area contributed by atoms with Gasteiger partial charge in [-0.25, -0.2) is 0 Å². The lowest BCUT2D eigenvalue weighted by Crippen LogP contribution is -2.52. The van der Waals surface area contributed by atoms with Crippen molar-refractivity contribution < 1.29 is 9.59 Å². The molecule has 0 aromatic heterocycles. The van der Waals surface area contributed by atoms with Gasteiger partial charge in [-0.1, -0.05) is 27.7 Å². The van der Waals surface area contributed by atoms with Crippen LogP contribution < -0.4 is 11.1 Å². The molecule has 0 saturated carbocycles. The molecule has 0 rings (SSSR count). The van der Waals surface area contributed by atoms with E-state index in [-0.39, 0.29) is 17.4 Å². The van der Waals surface area contributed by atoms with E-state index in [2.05, 4.69) is 12.2 Å². The maximum absolute atomic E-state index is 12.3. The van der Waals surface area contributed by atoms with Crippen molar-refractivity contribution in [3.05, 3.63) is 0 Å². The Kier molecular flexibility index (Phi) is 7.93. The summed E-state index contributed by atoms with van der Waals surface area (Å²) in [4.78, 5) is 26.3. The maximum Gasteiger partial charge on any atom is 0.225 e. The van der Waals surface area contributed by atoms with E-state index in [1.165, 1.54) is 0 Å². The summed E-state index contributed by atoms with van der Waals surface area (Å²) in [5.74, 6) is 0.126. The average molecular weight is 299 g/mol. The van der Waals surface area contributed by atoms with E-state index < -0.39 is 5.41 Å². The Balaban J connectivity index is 5.03. The van der Waals surface area contributed by atoms with Crippen molar-refractivity contribution in [3.8, 4) is 0 Å². The molecule has 0 spiro atoms. The van der Waals surface area contributed by atoms with Crippen LogP contribution in [-0.4, -0.2) is 41.9 Å². The molecule has 5 nitrogen and oxygen atoms in total. The van der Waals surface area contributed by atoms with Crippen molar-refractivity contribution >= 4 is 11.8 Å². The molecular formula is C16H33N3O2. The number of hydrogen-bond donors (Lipinski definition) is 2. The van der Waals surface area contributed by atoms with Crippen LogP contribution in [0.3, 0.4) is 0 Å². The molecule has 0 aromatic rings. The van der Waals surface area contributed by atoms with Crippen molar-refractivity contribution in [1.29, 1.82) is 0 Å². The van der Waals surface area contributed by atoms with Gasteiger partial charge in [-0.2, -0.15) is 0 Å². The van der Waals surface area contributed by atoms with Gasteiger partial charge in [0, 0.05) is 37.0 Å². The normalized spacial score (nSPS) is 12.1. The fraction of sp³-hybridized carbons (Fsp3) is 0.875. The number of rotatable bonds is 9. The van der Waals surface area contributed by atoms with Gasteiger partial charge in [0.1, 0.15) is 0 Å². The third-order valence-electron chi connectivity index (χ3n) is 3.70. The highest BCUT2D eigenvalue weighted by Gasteiger charge is 2.38. The Hall–Kier alpha value is -1.10. The molecule has 0 aromatic carbocycles. The van der Waals surface area contributed by atoms with Gasteiger partial charge < -0.3 is 16.0 Å². The number of carbonyl (C=O) groups excluding carboxylic acids is 2. The molecule has 0 aliphatic rings. The third kappa shape index (κ3) is 6.04. The van der Waals surface area contributed by atoms with Gasteiger partial charge in [0.15, 0.2) is 0 Å². The highest BCUT2D eigenvalue weighted by Crippen LogP contribution is 2.32. The Morgan fingerprint density at radius 1 is 1.14 bits per heavy atom. The molecule has 124 valence electrons. The van der Waals surface area contributed by atoms with E-state index in [4.69, 9.17) is 5.73 Å². The van der Waals surface area contributed by atoms with Crippen LogP contribution >= 0.6 is 0 Å². The van der Waals surface area contributed by atoms with Gasteiger partial charge in [0.2, 0.25) is 11.8 Å². The van der Waals surface area contributed by atoms with E-state index in [0.29, 0.717) is 25.9 Å². The molecule has 0 aliphatic carbocycles. The monoisotopic (exact) mass is 299 g/mol. The van der Waals surface area contributed by atoms with Gasteiger partial charge in [0.05, 0.1) is 0 Å². The summed E-state index contributed by atoms with van der Waals surface area (Å²) >= 11 is 0. The first-order valence-electron chi connectivity index (χ1n) is 7.91. The summed E-state index contributed by atoms with van der Waals surface area (Å²) in [6.45, 7) is 13.5. The molecule has 0 fully saturated rings. The lowest BCUT2D eigenvalue weighted by molar-refractivity contribution is -0.140. The largest absolute Gasteiger partial charge is 0.354 e. The zero-order chi connectivity index (χ0) is 16.7. The second kappa shape index (κ2) is 8.37. The number of nitrogens with zero attached hydrogens (tertiary/aromatic N) is 1. The van der Waals surface area contributed by atoms with Crippen LogP contribution in [0.5, 0.6) is 0 Å². The SMILES string of the molecule is CCCN(C(=O)CC)C(C)(C)CC(C)(C)C(=O)NCCN. The Labute approximate surface area is 129 Å². The minimum Gasteiger partial charge on any atom is -0.354 e. The molecule has 0 heterocycles. The van der Waals surface area contributed by atoms with Crippen LogP contribution in [-0.2, 0) is 9.59 Å². The first kappa shape index (κ1) is 19.9. The number of amides is 2. The van der Waals surface area contributed by atoms with Crippen LogP contribution in [0, 0.1) is 5.41 Å². The van der Waals surface area contributed by atoms with Gasteiger partial charge in [-0.05, 0) is 26.7 Å². The van der Waals surface area contributed by atoms with Crippen molar-refractivity contribution in [1.82, 2.24) is 10.2 Å². The van der Waals surface area contributed by atoms with Crippen molar-refractivity contribution in [2.75, 3.05) is 19.6 Å². The van der Waals surface area contributed by atoms with E-state index in [1.807, 2.05) is 39.5 Å². The Morgan fingerprint density at radius 2 is 1.71 bits per heavy atom. The summed E-state index contributed by atoms with van der Waals surface area (Å²) in [5.41, 5.74) is 4.53. The van der Waals surface area contributed by atoms with Crippen LogP contribution in [0.25, 0.3) is 0 Å². The lowest BCUT2D eigenvalue weighted by atomic mass is 9.78. The fourth-order valence-corrected chi connectivity index (χ4v) is 2.86. The van der Waals surface area contributed by atoms with Gasteiger partial charge in [0.25, 0.3) is 0 Å². The minimum absolute atomic E-state index is 0.0126. The van der Waals surface area contributed by atoms with E-state index in [1.54, 1.807) is 0 Å². The van der Waals surface area contributed by atoms with E-state index >= 15 is 0 Å². The quantitative estimate of drug-likeness (QED) is 0.683. The van der Waals surface area contributed by atoms with Crippen molar-refractivity contribution in [2.24, 2.45) is 11.1 Å². The standard InChI is InChI=1S/C16H33N3O2/c1-7-11-19(13(20)8-2)16(5,6)12-15(3,4)14(21)18-10-9-17/h7-12,17H2,1-6H3,(H,18,21). The number of nitrogens with two attached hydrogens (primary N) is 1. The molecular weight excluding hydrogens is 266 g/mol. The lowest BCUT2D eigenvalue weighted by Gasteiger charge is -2.43. The van der Waals surface area contributed by atoms with Crippen LogP contribution in [0.4, 0.5) is 0 Å². The summed E-state index contributed by atoms with van der Waals surface area (Å²) in [7, 11) is 0. The molecule has 0 unspecified atom stereocenters. The highest BCUT2D eigenvalue weighted by atomic mass is 16.2. The summed E-state index contributed by atoms with van der Waals surface area (Å²) < 4.78 is 0. The Morgan fingerprint density at radius 3 is 2.14 bits per heavy atom. The predicted octanol–water partition coefficient (Wildman–Crippen LogP) is 1.90. The van der Waals surface area contributed by atoms with Gasteiger partial charge in [-0.15, -0.1) is 0 Å². The fourth-order valence-electron chi connectivity index (χ4n) is 2.86. The highest BCUT2D eigenvalue weighted by molar-refractivity contribution is 5.82. The van der Waals surface area contributed by atoms with Crippen molar-refractivity contribution in [2.45, 2.75) is 66.3 Å². The minimum atomic E-state index is -0.543. The average Bonchev–Trinajstić information content (AvgIpc) is 2.39. The zero-order valence-electron chi connectivity index (χ0n) is 14.6. The van der Waals surface area contributed by atoms with E-state index in [9.17, 15) is 9.59 Å². The topological polar surface area (TPSA) is 75.4 Å². The smallest absolute Gasteiger partial charge is 0.225 e. The zero-order valence-corrected chi connectivity index (χ0v) is 14.6. The molecule has 3 N–H and O–H groups in total. The van der Waals surface area contributed by atoms with Gasteiger partial charge in [-0.3, -0.25) is 9.59 Å². The maximum atomic E-state index is 12.3. The molecule has 0 atom stereocenters. The number of nitrogens with one attached hydrogen (secondary N) is 1. The molecule has 0 aliphatic heterocycles. The third-order valence-corrected chi connectivity index (χ3v) is 3.70. The molecule has 0 saturated heterocycles. The summed E-state index contributed by atoms with van der Waals surface area (Å²) in [5, 5.41) is 2.84. The molecule has 0 bridgehead atoms. The first-order chi connectivity index (χ1) is 9.62. The molecule has 2 amide bonds. The first-order valence-corrected chi connectivity index (χ1v) is 7.91. The Bertz CT molecular complexity index is 351. The summed E-state index contributed by atoms with van der Waals surface area (Å²) in [6, 6.07) is 0. The van der Waals surface area contributed by atoms with Crippen molar-refractivity contribution in [3.63, 3.8) is 0 Å². The van der Waals surface area contributed by atoms with Gasteiger partial charge >= 0.3 is 0 Å². The molecule has 0 radical (unpaired) electrons. The number of carbonyl (C=O) groups is 2. The second-order valence-electron chi connectivity index (χ2n) is 6.82. The number of hydrogen-bond acceptors (Lipinski definition) is 3. The second-order valence-corrected chi connectivity index (χ2v) is 6.82. The van der Waals surface area contributed by atoms with Crippen LogP contribution in [0.2, 0.25) is 0 Å². The van der Waals surface area contributed by atoms with E-state index in [0.717, 1.165) is 13.0 Å². The molecule has 21 heavy (non-hydrogen) atoms. The van der Waals surface area contributed by atoms with Crippen LogP contribution in [0.1, 0.15) is 60.8 Å². The predicted molar refractivity (Wildman–Crippen MR) is 86.8 cm³/mol.